The van der Waals surface area contributed by atoms with Gasteiger partial charge >= 0.3 is 0 Å². The highest BCUT2D eigenvalue weighted by atomic mass is 16.5. The quantitative estimate of drug-likeness (QED) is 0.703. The first kappa shape index (κ1) is 9.53. The van der Waals surface area contributed by atoms with Gasteiger partial charge in [-0.15, -0.1) is 0 Å². The molecule has 1 aliphatic carbocycles. The second-order valence-electron chi connectivity index (χ2n) is 4.43. The van der Waals surface area contributed by atoms with Crippen molar-refractivity contribution < 1.29 is 5.21 Å². The van der Waals surface area contributed by atoms with Crippen LogP contribution in [0, 0.1) is 0 Å². The van der Waals surface area contributed by atoms with Gasteiger partial charge in [-0.3, -0.25) is 10.7 Å². The van der Waals surface area contributed by atoms with Crippen LogP contribution < -0.4 is 5.48 Å². The highest BCUT2D eigenvalue weighted by molar-refractivity contribution is 5.53. The predicted octanol–water partition coefficient (Wildman–Crippen LogP) is 3.32. The summed E-state index contributed by atoms with van der Waals surface area (Å²) < 4.78 is 0. The van der Waals surface area contributed by atoms with Crippen LogP contribution in [0.4, 0.5) is 5.69 Å². The Bertz CT molecular complexity index is 316. The maximum Gasteiger partial charge on any atom is 0.0639 e. The Balaban J connectivity index is 2.39. The minimum Gasteiger partial charge on any atom is -0.291 e. The van der Waals surface area contributed by atoms with Gasteiger partial charge in [-0.05, 0) is 29.9 Å². The van der Waals surface area contributed by atoms with Gasteiger partial charge in [-0.2, -0.15) is 0 Å². The summed E-state index contributed by atoms with van der Waals surface area (Å²) in [4.78, 5) is 0. The van der Waals surface area contributed by atoms with E-state index in [1.165, 1.54) is 31.2 Å². The zero-order chi connectivity index (χ0) is 10.0. The summed E-state index contributed by atoms with van der Waals surface area (Å²) >= 11 is 0. The van der Waals surface area contributed by atoms with E-state index in [-0.39, 0.29) is 5.41 Å². The Morgan fingerprint density at radius 1 is 1.21 bits per heavy atom. The Morgan fingerprint density at radius 2 is 1.86 bits per heavy atom. The molecule has 0 saturated heterocycles. The van der Waals surface area contributed by atoms with Gasteiger partial charge in [-0.25, -0.2) is 0 Å². The molecule has 0 radical (unpaired) electrons. The molecule has 1 aromatic rings. The minimum absolute atomic E-state index is 0.256. The molecule has 76 valence electrons. The molecule has 1 aromatic carbocycles. The normalized spacial score (nSPS) is 19.6. The van der Waals surface area contributed by atoms with E-state index in [0.717, 1.165) is 5.69 Å². The van der Waals surface area contributed by atoms with Gasteiger partial charge in [0.2, 0.25) is 0 Å². The van der Waals surface area contributed by atoms with Crippen molar-refractivity contribution in [3.05, 3.63) is 29.8 Å². The fourth-order valence-electron chi connectivity index (χ4n) is 2.53. The van der Waals surface area contributed by atoms with Gasteiger partial charge in [0.05, 0.1) is 5.69 Å². The summed E-state index contributed by atoms with van der Waals surface area (Å²) in [6, 6.07) is 8.03. The van der Waals surface area contributed by atoms with Crippen LogP contribution in [0.5, 0.6) is 0 Å². The van der Waals surface area contributed by atoms with E-state index in [2.05, 4.69) is 18.5 Å². The number of para-hydroxylation sites is 1. The Hall–Kier alpha value is -1.02. The van der Waals surface area contributed by atoms with E-state index in [9.17, 15) is 0 Å². The molecule has 0 aromatic heterocycles. The smallest absolute Gasteiger partial charge is 0.0639 e. The van der Waals surface area contributed by atoms with Crippen molar-refractivity contribution in [1.29, 1.82) is 0 Å². The van der Waals surface area contributed by atoms with Crippen LogP contribution in [0.2, 0.25) is 0 Å². The van der Waals surface area contributed by atoms with Crippen molar-refractivity contribution in [2.45, 2.75) is 38.0 Å². The third kappa shape index (κ3) is 1.50. The number of nitrogens with one attached hydrogen (secondary N) is 1. The van der Waals surface area contributed by atoms with E-state index >= 15 is 0 Å². The van der Waals surface area contributed by atoms with Crippen LogP contribution in [0.25, 0.3) is 0 Å². The largest absolute Gasteiger partial charge is 0.291 e. The van der Waals surface area contributed by atoms with Crippen LogP contribution in [-0.4, -0.2) is 5.21 Å². The first-order valence-corrected chi connectivity index (χ1v) is 5.26. The molecule has 0 atom stereocenters. The molecule has 2 N–H and O–H groups in total. The Kier molecular flexibility index (Phi) is 2.46. The summed E-state index contributed by atoms with van der Waals surface area (Å²) in [5.41, 5.74) is 4.66. The molecule has 0 spiro atoms. The second kappa shape index (κ2) is 3.62. The van der Waals surface area contributed by atoms with Crippen molar-refractivity contribution in [2.75, 3.05) is 5.48 Å². The van der Waals surface area contributed by atoms with Crippen molar-refractivity contribution in [1.82, 2.24) is 0 Å². The number of benzene rings is 1. The molecule has 0 unspecified atom stereocenters. The van der Waals surface area contributed by atoms with Gasteiger partial charge in [0, 0.05) is 0 Å². The molecular formula is C12H17NO. The van der Waals surface area contributed by atoms with Crippen LogP contribution in [0.3, 0.4) is 0 Å². The highest BCUT2D eigenvalue weighted by Crippen LogP contribution is 2.43. The van der Waals surface area contributed by atoms with Crippen LogP contribution in [0.1, 0.15) is 38.2 Å². The number of rotatable bonds is 2. The molecule has 14 heavy (non-hydrogen) atoms. The lowest BCUT2D eigenvalue weighted by Gasteiger charge is -2.26. The fourth-order valence-corrected chi connectivity index (χ4v) is 2.53. The van der Waals surface area contributed by atoms with E-state index < -0.39 is 0 Å². The van der Waals surface area contributed by atoms with Crippen LogP contribution >= 0.6 is 0 Å². The molecule has 0 aliphatic heterocycles. The Morgan fingerprint density at radius 3 is 2.50 bits per heavy atom. The lowest BCUT2D eigenvalue weighted by molar-refractivity contribution is 0.384. The first-order chi connectivity index (χ1) is 6.76. The molecular weight excluding hydrogens is 174 g/mol. The van der Waals surface area contributed by atoms with Crippen molar-refractivity contribution in [3.63, 3.8) is 0 Å². The predicted molar refractivity (Wildman–Crippen MR) is 57.7 cm³/mol. The number of anilines is 1. The lowest BCUT2D eigenvalue weighted by Crippen LogP contribution is -2.18. The van der Waals surface area contributed by atoms with Gasteiger partial charge in [0.1, 0.15) is 0 Å². The van der Waals surface area contributed by atoms with Gasteiger partial charge in [-0.1, -0.05) is 38.0 Å². The average molecular weight is 191 g/mol. The van der Waals surface area contributed by atoms with Gasteiger partial charge < -0.3 is 0 Å². The van der Waals surface area contributed by atoms with Crippen molar-refractivity contribution >= 4 is 5.69 Å². The number of hydrogen-bond donors (Lipinski definition) is 2. The molecule has 0 amide bonds. The maximum absolute atomic E-state index is 9.04. The fraction of sp³-hybridized carbons (Fsp3) is 0.500. The summed E-state index contributed by atoms with van der Waals surface area (Å²) in [6.45, 7) is 2.29. The molecule has 0 heterocycles. The molecule has 2 rings (SSSR count). The average Bonchev–Trinajstić information content (AvgIpc) is 2.66. The molecule has 2 nitrogen and oxygen atoms in total. The summed E-state index contributed by atoms with van der Waals surface area (Å²) in [5, 5.41) is 9.04. The Labute approximate surface area is 84.9 Å². The standard InChI is InChI=1S/C12H17NO/c1-12(8-4-5-9-12)10-6-2-3-7-11(10)13-14/h2-3,6-7,13-14H,4-5,8-9H2,1H3. The van der Waals surface area contributed by atoms with E-state index in [4.69, 9.17) is 5.21 Å². The van der Waals surface area contributed by atoms with Crippen molar-refractivity contribution in [3.8, 4) is 0 Å². The third-order valence-corrected chi connectivity index (χ3v) is 3.40. The molecule has 1 aliphatic rings. The summed E-state index contributed by atoms with van der Waals surface area (Å²) in [6.07, 6.45) is 5.06. The van der Waals surface area contributed by atoms with Crippen LogP contribution in [0.15, 0.2) is 24.3 Å². The highest BCUT2D eigenvalue weighted by Gasteiger charge is 2.32. The second-order valence-corrected chi connectivity index (χ2v) is 4.43. The van der Waals surface area contributed by atoms with E-state index in [1.807, 2.05) is 18.2 Å². The SMILES string of the molecule is CC1(c2ccccc2NO)CCCC1. The monoisotopic (exact) mass is 191 g/mol. The summed E-state index contributed by atoms with van der Waals surface area (Å²) in [7, 11) is 0. The number of hydrogen-bond acceptors (Lipinski definition) is 2. The summed E-state index contributed by atoms with van der Waals surface area (Å²) in [5.74, 6) is 0. The maximum atomic E-state index is 9.04. The zero-order valence-electron chi connectivity index (χ0n) is 8.59. The molecule has 2 heteroatoms. The molecule has 1 saturated carbocycles. The van der Waals surface area contributed by atoms with Crippen molar-refractivity contribution in [2.24, 2.45) is 0 Å². The molecule has 0 bridgehead atoms. The van der Waals surface area contributed by atoms with E-state index in [0.29, 0.717) is 0 Å². The lowest BCUT2D eigenvalue weighted by atomic mass is 9.80. The minimum atomic E-state index is 0.256. The third-order valence-electron chi connectivity index (χ3n) is 3.40. The first-order valence-electron chi connectivity index (χ1n) is 5.26. The zero-order valence-corrected chi connectivity index (χ0v) is 8.59. The topological polar surface area (TPSA) is 32.3 Å². The van der Waals surface area contributed by atoms with Gasteiger partial charge in [0.25, 0.3) is 0 Å². The van der Waals surface area contributed by atoms with Gasteiger partial charge in [0.15, 0.2) is 0 Å². The van der Waals surface area contributed by atoms with Crippen LogP contribution in [-0.2, 0) is 5.41 Å². The van der Waals surface area contributed by atoms with E-state index in [1.54, 1.807) is 0 Å². The molecule has 1 fully saturated rings.